The molecular weight excluding hydrogens is 298 g/mol. The van der Waals surface area contributed by atoms with Crippen LogP contribution < -0.4 is 14.8 Å². The zero-order chi connectivity index (χ0) is 17.0. The molecule has 2 N–H and O–H groups in total. The van der Waals surface area contributed by atoms with Gasteiger partial charge in [0.25, 0.3) is 5.91 Å². The molecule has 6 nitrogen and oxygen atoms in total. The zero-order valence-electron chi connectivity index (χ0n) is 13.0. The normalized spacial score (nSPS) is 10.0. The highest BCUT2D eigenvalue weighted by molar-refractivity contribution is 6.08. The summed E-state index contributed by atoms with van der Waals surface area (Å²) >= 11 is 0. The van der Waals surface area contributed by atoms with E-state index in [0.29, 0.717) is 22.6 Å². The van der Waals surface area contributed by atoms with Crippen molar-refractivity contribution >= 4 is 17.6 Å². The van der Waals surface area contributed by atoms with Crippen molar-refractivity contribution in [1.82, 2.24) is 0 Å². The van der Waals surface area contributed by atoms with Crippen molar-refractivity contribution in [3.63, 3.8) is 0 Å². The molecule has 0 heterocycles. The van der Waals surface area contributed by atoms with Gasteiger partial charge in [-0.15, -0.1) is 0 Å². The van der Waals surface area contributed by atoms with E-state index in [4.69, 9.17) is 14.6 Å². The first-order valence-corrected chi connectivity index (χ1v) is 6.84. The number of carbonyl (C=O) groups excluding carboxylic acids is 1. The highest BCUT2D eigenvalue weighted by Crippen LogP contribution is 2.30. The molecule has 6 heteroatoms. The van der Waals surface area contributed by atoms with Gasteiger partial charge in [-0.05, 0) is 36.8 Å². The predicted octanol–water partition coefficient (Wildman–Crippen LogP) is 2.96. The maximum atomic E-state index is 12.5. The second-order valence-corrected chi connectivity index (χ2v) is 4.83. The number of hydrogen-bond acceptors (Lipinski definition) is 4. The summed E-state index contributed by atoms with van der Waals surface area (Å²) in [7, 11) is 2.99. The van der Waals surface area contributed by atoms with Crippen molar-refractivity contribution in [2.75, 3.05) is 19.5 Å². The Hall–Kier alpha value is -3.02. The van der Waals surface area contributed by atoms with E-state index in [0.717, 1.165) is 0 Å². The number of amides is 1. The van der Waals surface area contributed by atoms with Crippen LogP contribution in [0.3, 0.4) is 0 Å². The lowest BCUT2D eigenvalue weighted by Crippen LogP contribution is -2.16. The number of anilines is 1. The van der Waals surface area contributed by atoms with Crippen LogP contribution in [0.25, 0.3) is 0 Å². The van der Waals surface area contributed by atoms with Gasteiger partial charge in [0.15, 0.2) is 11.5 Å². The monoisotopic (exact) mass is 315 g/mol. The number of para-hydroxylation sites is 1. The number of hydrogen-bond donors (Lipinski definition) is 2. The number of methoxy groups -OCH3 is 2. The van der Waals surface area contributed by atoms with Gasteiger partial charge in [-0.2, -0.15) is 0 Å². The Morgan fingerprint density at radius 2 is 1.61 bits per heavy atom. The van der Waals surface area contributed by atoms with E-state index in [1.807, 2.05) is 0 Å². The first kappa shape index (κ1) is 16.4. The molecule has 0 atom stereocenters. The van der Waals surface area contributed by atoms with E-state index in [9.17, 15) is 9.59 Å². The summed E-state index contributed by atoms with van der Waals surface area (Å²) in [5, 5.41) is 11.8. The molecule has 0 aliphatic heterocycles. The van der Waals surface area contributed by atoms with Gasteiger partial charge in [0, 0.05) is 5.56 Å². The molecule has 0 saturated heterocycles. The number of carboxylic acid groups (broad SMARTS) is 1. The van der Waals surface area contributed by atoms with Crippen LogP contribution in [0.2, 0.25) is 0 Å². The van der Waals surface area contributed by atoms with E-state index in [1.54, 1.807) is 31.2 Å². The van der Waals surface area contributed by atoms with Crippen LogP contribution in [0.5, 0.6) is 11.5 Å². The third-order valence-corrected chi connectivity index (χ3v) is 3.38. The lowest BCUT2D eigenvalue weighted by atomic mass is 10.1. The zero-order valence-corrected chi connectivity index (χ0v) is 13.0. The third kappa shape index (κ3) is 3.42. The molecular formula is C17H17NO5. The van der Waals surface area contributed by atoms with E-state index in [-0.39, 0.29) is 11.3 Å². The number of benzene rings is 2. The van der Waals surface area contributed by atoms with E-state index in [2.05, 4.69) is 5.32 Å². The molecule has 0 aromatic heterocycles. The fourth-order valence-electron chi connectivity index (χ4n) is 2.19. The van der Waals surface area contributed by atoms with Crippen LogP contribution in [0.1, 0.15) is 26.3 Å². The minimum Gasteiger partial charge on any atom is -0.493 e. The quantitative estimate of drug-likeness (QED) is 0.886. The summed E-state index contributed by atoms with van der Waals surface area (Å²) in [6.07, 6.45) is 0. The Labute approximate surface area is 133 Å². The Kier molecular flexibility index (Phi) is 4.85. The number of carbonyl (C=O) groups is 2. The second kappa shape index (κ2) is 6.83. The van der Waals surface area contributed by atoms with Crippen LogP contribution in [-0.2, 0) is 0 Å². The largest absolute Gasteiger partial charge is 0.493 e. The molecule has 120 valence electrons. The minimum atomic E-state index is -1.11. The average molecular weight is 315 g/mol. The number of aromatic carboxylic acids is 1. The molecule has 0 fully saturated rings. The van der Waals surface area contributed by atoms with Gasteiger partial charge in [0.2, 0.25) is 0 Å². The molecule has 23 heavy (non-hydrogen) atoms. The molecule has 0 radical (unpaired) electrons. The number of ether oxygens (including phenoxy) is 2. The molecule has 0 spiro atoms. The van der Waals surface area contributed by atoms with Crippen molar-refractivity contribution in [1.29, 1.82) is 0 Å². The molecule has 0 bridgehead atoms. The minimum absolute atomic E-state index is 0.0268. The van der Waals surface area contributed by atoms with Crippen LogP contribution in [0.15, 0.2) is 36.4 Å². The maximum absolute atomic E-state index is 12.5. The second-order valence-electron chi connectivity index (χ2n) is 4.83. The van der Waals surface area contributed by atoms with Crippen molar-refractivity contribution in [2.24, 2.45) is 0 Å². The Morgan fingerprint density at radius 3 is 2.22 bits per heavy atom. The van der Waals surface area contributed by atoms with Crippen LogP contribution >= 0.6 is 0 Å². The molecule has 1 amide bonds. The first-order valence-electron chi connectivity index (χ1n) is 6.84. The Bertz CT molecular complexity index is 755. The average Bonchev–Trinajstić information content (AvgIpc) is 2.54. The lowest BCUT2D eigenvalue weighted by Gasteiger charge is -2.13. The first-order chi connectivity index (χ1) is 11.0. The van der Waals surface area contributed by atoms with Crippen molar-refractivity contribution in [3.05, 3.63) is 53.1 Å². The topological polar surface area (TPSA) is 84.9 Å². The lowest BCUT2D eigenvalue weighted by molar-refractivity contribution is 0.0698. The van der Waals surface area contributed by atoms with Gasteiger partial charge in [-0.3, -0.25) is 4.79 Å². The molecule has 2 aromatic rings. The van der Waals surface area contributed by atoms with E-state index < -0.39 is 11.9 Å². The molecule has 0 unspecified atom stereocenters. The van der Waals surface area contributed by atoms with Crippen molar-refractivity contribution < 1.29 is 24.2 Å². The summed E-state index contributed by atoms with van der Waals surface area (Å²) in [4.78, 5) is 23.7. The molecule has 2 aromatic carbocycles. The third-order valence-electron chi connectivity index (χ3n) is 3.38. The Balaban J connectivity index is 2.37. The van der Waals surface area contributed by atoms with Crippen LogP contribution in [0.4, 0.5) is 5.69 Å². The van der Waals surface area contributed by atoms with Gasteiger partial charge < -0.3 is 19.9 Å². The highest BCUT2D eigenvalue weighted by atomic mass is 16.5. The highest BCUT2D eigenvalue weighted by Gasteiger charge is 2.17. The van der Waals surface area contributed by atoms with Gasteiger partial charge in [-0.25, -0.2) is 4.79 Å². The summed E-state index contributed by atoms with van der Waals surface area (Å²) in [5.41, 5.74) is 1.33. The standard InChI is InChI=1S/C17H17NO5/c1-10-8-14(22-2)15(23-3)9-12(10)16(19)18-13-7-5-4-6-11(13)17(20)21/h4-9H,1-3H3,(H,18,19)(H,20,21). The molecule has 2 rings (SSSR count). The van der Waals surface area contributed by atoms with E-state index in [1.165, 1.54) is 26.4 Å². The fourth-order valence-corrected chi connectivity index (χ4v) is 2.19. The molecule has 0 aliphatic rings. The number of nitrogens with one attached hydrogen (secondary N) is 1. The number of rotatable bonds is 5. The predicted molar refractivity (Wildman–Crippen MR) is 85.6 cm³/mol. The van der Waals surface area contributed by atoms with Crippen LogP contribution in [0, 0.1) is 6.92 Å². The number of carboxylic acids is 1. The van der Waals surface area contributed by atoms with Gasteiger partial charge in [0.1, 0.15) is 0 Å². The van der Waals surface area contributed by atoms with Gasteiger partial charge in [0.05, 0.1) is 25.5 Å². The molecule has 0 aliphatic carbocycles. The van der Waals surface area contributed by atoms with E-state index >= 15 is 0 Å². The van der Waals surface area contributed by atoms with Gasteiger partial charge >= 0.3 is 5.97 Å². The summed E-state index contributed by atoms with van der Waals surface area (Å²) in [5.74, 6) is -0.579. The van der Waals surface area contributed by atoms with Gasteiger partial charge in [-0.1, -0.05) is 12.1 Å². The summed E-state index contributed by atoms with van der Waals surface area (Å²) in [6.45, 7) is 1.76. The SMILES string of the molecule is COc1cc(C)c(C(=O)Nc2ccccc2C(=O)O)cc1OC. The smallest absolute Gasteiger partial charge is 0.337 e. The molecule has 0 saturated carbocycles. The van der Waals surface area contributed by atoms with Crippen LogP contribution in [-0.4, -0.2) is 31.2 Å². The maximum Gasteiger partial charge on any atom is 0.337 e. The fraction of sp³-hybridized carbons (Fsp3) is 0.176. The van der Waals surface area contributed by atoms with Crippen molar-refractivity contribution in [3.8, 4) is 11.5 Å². The number of aryl methyl sites for hydroxylation is 1. The Morgan fingerprint density at radius 1 is 1.00 bits per heavy atom. The summed E-state index contributed by atoms with van der Waals surface area (Å²) in [6, 6.07) is 9.48. The van der Waals surface area contributed by atoms with Crippen molar-refractivity contribution in [2.45, 2.75) is 6.92 Å². The summed E-state index contributed by atoms with van der Waals surface area (Å²) < 4.78 is 10.4.